The van der Waals surface area contributed by atoms with Gasteiger partial charge in [-0.3, -0.25) is 4.79 Å². The maximum absolute atomic E-state index is 12.4. The van der Waals surface area contributed by atoms with E-state index in [1.54, 1.807) is 23.5 Å². The van der Waals surface area contributed by atoms with Crippen LogP contribution in [0.4, 0.5) is 5.69 Å². The minimum Gasteiger partial charge on any atom is -0.324 e. The maximum atomic E-state index is 12.4. The molecule has 1 amide bonds. The lowest BCUT2D eigenvalue weighted by molar-refractivity contribution is -0.117. The number of anilines is 1. The summed E-state index contributed by atoms with van der Waals surface area (Å²) in [5.41, 5.74) is 1.77. The Kier molecular flexibility index (Phi) is 4.24. The van der Waals surface area contributed by atoms with Crippen LogP contribution in [0.5, 0.6) is 0 Å². The van der Waals surface area contributed by atoms with Gasteiger partial charge in [-0.15, -0.1) is 11.3 Å². The Morgan fingerprint density at radius 1 is 1.48 bits per heavy atom. The van der Waals surface area contributed by atoms with Crippen LogP contribution in [0.15, 0.2) is 24.3 Å². The monoisotopic (exact) mass is 321 g/mol. The van der Waals surface area contributed by atoms with E-state index in [-0.39, 0.29) is 11.8 Å². The zero-order valence-corrected chi connectivity index (χ0v) is 13.2. The van der Waals surface area contributed by atoms with Crippen LogP contribution >= 0.6 is 22.9 Å². The molecule has 2 N–H and O–H groups in total. The number of nitrogens with zero attached hydrogens (tertiary/aromatic N) is 1. The van der Waals surface area contributed by atoms with Crippen molar-refractivity contribution in [2.45, 2.75) is 25.8 Å². The molecule has 0 radical (unpaired) electrons. The Bertz CT molecular complexity index is 647. The summed E-state index contributed by atoms with van der Waals surface area (Å²) in [5, 5.41) is 7.60. The molecule has 0 saturated carbocycles. The summed E-state index contributed by atoms with van der Waals surface area (Å²) >= 11 is 7.68. The fourth-order valence-electron chi connectivity index (χ4n) is 2.25. The number of benzene rings is 1. The molecular weight excluding hydrogens is 306 g/mol. The molecule has 3 rings (SSSR count). The van der Waals surface area contributed by atoms with Gasteiger partial charge in [0.05, 0.1) is 22.3 Å². The van der Waals surface area contributed by atoms with Crippen LogP contribution in [0.25, 0.3) is 0 Å². The third-order valence-corrected chi connectivity index (χ3v) is 5.12. The molecule has 1 aliphatic heterocycles. The molecule has 0 saturated heterocycles. The predicted molar refractivity (Wildman–Crippen MR) is 86.0 cm³/mol. The molecule has 1 unspecified atom stereocenters. The van der Waals surface area contributed by atoms with E-state index < -0.39 is 0 Å². The normalized spacial score (nSPS) is 15.3. The first-order valence-electron chi connectivity index (χ1n) is 6.89. The molecule has 4 nitrogen and oxygen atoms in total. The van der Waals surface area contributed by atoms with Crippen molar-refractivity contribution >= 4 is 34.5 Å². The molecule has 0 aliphatic carbocycles. The quantitative estimate of drug-likeness (QED) is 0.913. The lowest BCUT2D eigenvalue weighted by Gasteiger charge is -2.10. The average molecular weight is 322 g/mol. The average Bonchev–Trinajstić information content (AvgIpc) is 2.92. The maximum Gasteiger partial charge on any atom is 0.234 e. The van der Waals surface area contributed by atoms with Gasteiger partial charge in [0.1, 0.15) is 5.01 Å². The first kappa shape index (κ1) is 14.5. The smallest absolute Gasteiger partial charge is 0.234 e. The zero-order valence-electron chi connectivity index (χ0n) is 11.6. The Balaban J connectivity index is 1.75. The van der Waals surface area contributed by atoms with Gasteiger partial charge in [0.25, 0.3) is 0 Å². The number of carbonyl (C=O) groups is 1. The standard InChI is InChI=1S/C15H16ClN3OS/c1-9(14(20)18-11-5-3-2-4-10(11)16)15-19-12-6-7-17-8-13(12)21-15/h2-5,9,17H,6-8H2,1H3,(H,18,20). The van der Waals surface area contributed by atoms with Gasteiger partial charge in [-0.05, 0) is 19.1 Å². The van der Waals surface area contributed by atoms with E-state index in [2.05, 4.69) is 15.6 Å². The predicted octanol–water partition coefficient (Wildman–Crippen LogP) is 3.18. The van der Waals surface area contributed by atoms with Crippen molar-refractivity contribution in [2.24, 2.45) is 0 Å². The first-order chi connectivity index (χ1) is 10.1. The molecule has 1 aliphatic rings. The highest BCUT2D eigenvalue weighted by molar-refractivity contribution is 7.12. The third-order valence-electron chi connectivity index (χ3n) is 3.51. The molecule has 1 aromatic heterocycles. The van der Waals surface area contributed by atoms with Gasteiger partial charge in [0, 0.05) is 24.4 Å². The first-order valence-corrected chi connectivity index (χ1v) is 8.09. The van der Waals surface area contributed by atoms with E-state index in [4.69, 9.17) is 11.6 Å². The number of nitrogens with one attached hydrogen (secondary N) is 2. The second-order valence-electron chi connectivity index (χ2n) is 5.04. The molecule has 0 fully saturated rings. The van der Waals surface area contributed by atoms with Gasteiger partial charge in [-0.25, -0.2) is 4.98 Å². The van der Waals surface area contributed by atoms with Crippen molar-refractivity contribution < 1.29 is 4.79 Å². The van der Waals surface area contributed by atoms with Crippen molar-refractivity contribution in [3.8, 4) is 0 Å². The van der Waals surface area contributed by atoms with Crippen molar-refractivity contribution in [1.82, 2.24) is 10.3 Å². The summed E-state index contributed by atoms with van der Waals surface area (Å²) in [4.78, 5) is 18.2. The molecule has 2 aromatic rings. The van der Waals surface area contributed by atoms with Crippen molar-refractivity contribution in [1.29, 1.82) is 0 Å². The SMILES string of the molecule is CC(C(=O)Nc1ccccc1Cl)c1nc2c(s1)CNCC2. The van der Waals surface area contributed by atoms with Crippen LogP contribution in [-0.4, -0.2) is 17.4 Å². The highest BCUT2D eigenvalue weighted by Gasteiger charge is 2.23. The fourth-order valence-corrected chi connectivity index (χ4v) is 3.56. The molecular formula is C15H16ClN3OS. The van der Waals surface area contributed by atoms with Crippen LogP contribution in [0.1, 0.15) is 28.4 Å². The summed E-state index contributed by atoms with van der Waals surface area (Å²) < 4.78 is 0. The van der Waals surface area contributed by atoms with Crippen LogP contribution in [-0.2, 0) is 17.8 Å². The number of halogens is 1. The molecule has 1 atom stereocenters. The second-order valence-corrected chi connectivity index (χ2v) is 6.56. The minimum atomic E-state index is -0.281. The van der Waals surface area contributed by atoms with Crippen molar-refractivity contribution in [3.05, 3.63) is 44.9 Å². The molecule has 1 aromatic carbocycles. The summed E-state index contributed by atoms with van der Waals surface area (Å²) in [5.74, 6) is -0.362. The van der Waals surface area contributed by atoms with Gasteiger partial charge < -0.3 is 10.6 Å². The Morgan fingerprint density at radius 3 is 3.05 bits per heavy atom. The summed E-state index contributed by atoms with van der Waals surface area (Å²) in [7, 11) is 0. The zero-order chi connectivity index (χ0) is 14.8. The van der Waals surface area contributed by atoms with Gasteiger partial charge >= 0.3 is 0 Å². The number of thiazole rings is 1. The number of amides is 1. The Labute approximate surface area is 132 Å². The fraction of sp³-hybridized carbons (Fsp3) is 0.333. The lowest BCUT2D eigenvalue weighted by atomic mass is 10.1. The molecule has 21 heavy (non-hydrogen) atoms. The van der Waals surface area contributed by atoms with Crippen LogP contribution < -0.4 is 10.6 Å². The van der Waals surface area contributed by atoms with Crippen LogP contribution in [0.2, 0.25) is 5.02 Å². The van der Waals surface area contributed by atoms with Crippen molar-refractivity contribution in [3.63, 3.8) is 0 Å². The Hall–Kier alpha value is -1.43. The number of fused-ring (bicyclic) bond motifs is 1. The molecule has 110 valence electrons. The topological polar surface area (TPSA) is 54.0 Å². The Morgan fingerprint density at radius 2 is 2.29 bits per heavy atom. The molecule has 0 bridgehead atoms. The van der Waals surface area contributed by atoms with Gasteiger partial charge in [-0.1, -0.05) is 23.7 Å². The van der Waals surface area contributed by atoms with E-state index in [1.807, 2.05) is 19.1 Å². The third kappa shape index (κ3) is 3.10. The number of hydrogen-bond donors (Lipinski definition) is 2. The van der Waals surface area contributed by atoms with E-state index >= 15 is 0 Å². The number of aromatic nitrogens is 1. The number of para-hydroxylation sites is 1. The summed E-state index contributed by atoms with van der Waals surface area (Å²) in [6.07, 6.45) is 0.935. The van der Waals surface area contributed by atoms with Gasteiger partial charge in [0.15, 0.2) is 0 Å². The second kappa shape index (κ2) is 6.13. The van der Waals surface area contributed by atoms with E-state index in [0.717, 1.165) is 30.2 Å². The van der Waals surface area contributed by atoms with E-state index in [0.29, 0.717) is 10.7 Å². The van der Waals surface area contributed by atoms with E-state index in [9.17, 15) is 4.79 Å². The van der Waals surface area contributed by atoms with Crippen LogP contribution in [0.3, 0.4) is 0 Å². The molecule has 6 heteroatoms. The molecule has 0 spiro atoms. The highest BCUT2D eigenvalue weighted by Crippen LogP contribution is 2.29. The van der Waals surface area contributed by atoms with Gasteiger partial charge in [0.2, 0.25) is 5.91 Å². The summed E-state index contributed by atoms with van der Waals surface area (Å²) in [6, 6.07) is 7.24. The van der Waals surface area contributed by atoms with E-state index in [1.165, 1.54) is 4.88 Å². The summed E-state index contributed by atoms with van der Waals surface area (Å²) in [6.45, 7) is 3.69. The highest BCUT2D eigenvalue weighted by atomic mass is 35.5. The number of carbonyl (C=O) groups excluding carboxylic acids is 1. The van der Waals surface area contributed by atoms with Crippen molar-refractivity contribution in [2.75, 3.05) is 11.9 Å². The molecule has 2 heterocycles. The minimum absolute atomic E-state index is 0.0813. The number of rotatable bonds is 3. The largest absolute Gasteiger partial charge is 0.324 e. The van der Waals surface area contributed by atoms with Crippen LogP contribution in [0, 0.1) is 0 Å². The van der Waals surface area contributed by atoms with Gasteiger partial charge in [-0.2, -0.15) is 0 Å². The lowest BCUT2D eigenvalue weighted by Crippen LogP contribution is -2.22. The number of hydrogen-bond acceptors (Lipinski definition) is 4.